The first-order chi connectivity index (χ1) is 15.3. The van der Waals surface area contributed by atoms with Gasteiger partial charge in [0.05, 0.1) is 5.54 Å². The third kappa shape index (κ3) is 3.41. The normalized spacial score (nSPS) is 14.4. The summed E-state index contributed by atoms with van der Waals surface area (Å²) in [5.74, 6) is 0.990. The van der Waals surface area contributed by atoms with Crippen LogP contribution in [-0.4, -0.2) is 37.8 Å². The van der Waals surface area contributed by atoms with Gasteiger partial charge in [-0.25, -0.2) is 14.4 Å². The van der Waals surface area contributed by atoms with E-state index in [-0.39, 0.29) is 17.1 Å². The third-order valence-electron chi connectivity index (χ3n) is 5.68. The van der Waals surface area contributed by atoms with Crippen molar-refractivity contribution in [1.29, 1.82) is 0 Å². The van der Waals surface area contributed by atoms with Crippen molar-refractivity contribution in [2.75, 3.05) is 18.5 Å². The molecule has 0 spiro atoms. The van der Waals surface area contributed by atoms with Crippen molar-refractivity contribution in [2.24, 2.45) is 0 Å². The zero-order valence-corrected chi connectivity index (χ0v) is 18.2. The van der Waals surface area contributed by atoms with E-state index in [2.05, 4.69) is 34.1 Å². The van der Waals surface area contributed by atoms with Crippen molar-refractivity contribution < 1.29 is 14.2 Å². The van der Waals surface area contributed by atoms with E-state index < -0.39 is 0 Å². The number of aromatic nitrogens is 4. The third-order valence-corrected chi connectivity index (χ3v) is 5.68. The minimum absolute atomic E-state index is 0.0510. The maximum atomic E-state index is 14.2. The largest absolute Gasteiger partial charge is 0.507 e. The van der Waals surface area contributed by atoms with Gasteiger partial charge in [-0.2, -0.15) is 4.98 Å². The molecule has 32 heavy (non-hydrogen) atoms. The van der Waals surface area contributed by atoms with Crippen molar-refractivity contribution in [2.45, 2.75) is 32.7 Å². The molecule has 3 heterocycles. The van der Waals surface area contributed by atoms with Crippen LogP contribution in [0.1, 0.15) is 25.2 Å². The molecular weight excluding hydrogens is 409 g/mol. The van der Waals surface area contributed by atoms with Crippen LogP contribution in [0, 0.1) is 12.7 Å². The summed E-state index contributed by atoms with van der Waals surface area (Å²) in [4.78, 5) is 13.7. The Kier molecular flexibility index (Phi) is 4.73. The summed E-state index contributed by atoms with van der Waals surface area (Å²) in [7, 11) is 0. The van der Waals surface area contributed by atoms with E-state index in [1.54, 1.807) is 24.3 Å². The van der Waals surface area contributed by atoms with Crippen LogP contribution in [-0.2, 0) is 12.0 Å². The number of benzene rings is 2. The van der Waals surface area contributed by atoms with E-state index in [0.717, 1.165) is 11.2 Å². The van der Waals surface area contributed by atoms with Crippen molar-refractivity contribution in [3.05, 3.63) is 59.7 Å². The standard InChI is InChI=1S/C24H24FN5O2/c1-14-27-21(20-22(28-14)30-23(29-20)32-13-24(30,2)3)26-11-10-15-8-9-19(31)17(12-15)16-6-4-5-7-18(16)25/h4-9,12,31H,10-11,13H2,1-3H3,(H,26,27,28). The smallest absolute Gasteiger partial charge is 0.299 e. The Morgan fingerprint density at radius 2 is 1.94 bits per heavy atom. The highest BCUT2D eigenvalue weighted by molar-refractivity contribution is 5.84. The van der Waals surface area contributed by atoms with Crippen molar-refractivity contribution in [1.82, 2.24) is 19.5 Å². The first kappa shape index (κ1) is 20.2. The first-order valence-electron chi connectivity index (χ1n) is 10.5. The molecule has 1 aliphatic rings. The molecule has 0 saturated carbocycles. The van der Waals surface area contributed by atoms with Crippen molar-refractivity contribution in [3.63, 3.8) is 0 Å². The van der Waals surface area contributed by atoms with Gasteiger partial charge < -0.3 is 15.2 Å². The molecule has 0 radical (unpaired) electrons. The number of anilines is 1. The minimum Gasteiger partial charge on any atom is -0.507 e. The lowest BCUT2D eigenvalue weighted by Crippen LogP contribution is -2.26. The Bertz CT molecular complexity index is 1330. The second kappa shape index (κ2) is 7.47. The SMILES string of the molecule is Cc1nc(NCCc2ccc(O)c(-c3ccccc3F)c2)c2nc3n(c2n1)C(C)(C)CO3. The molecule has 0 atom stereocenters. The van der Waals surface area contributed by atoms with Gasteiger partial charge in [0.15, 0.2) is 17.0 Å². The molecular formula is C24H24FN5O2. The van der Waals surface area contributed by atoms with Crippen LogP contribution >= 0.6 is 0 Å². The molecule has 2 aromatic carbocycles. The number of fused-ring (bicyclic) bond motifs is 3. The van der Waals surface area contributed by atoms with E-state index in [4.69, 9.17) is 4.74 Å². The number of nitrogens with zero attached hydrogens (tertiary/aromatic N) is 4. The highest BCUT2D eigenvalue weighted by Gasteiger charge is 2.35. The molecule has 7 nitrogen and oxygen atoms in total. The van der Waals surface area contributed by atoms with E-state index >= 15 is 0 Å². The highest BCUT2D eigenvalue weighted by Crippen LogP contribution is 2.36. The quantitative estimate of drug-likeness (QED) is 0.484. The molecule has 0 saturated heterocycles. The van der Waals surface area contributed by atoms with Crippen LogP contribution in [0.4, 0.5) is 10.2 Å². The van der Waals surface area contributed by atoms with E-state index in [1.165, 1.54) is 6.07 Å². The zero-order valence-electron chi connectivity index (χ0n) is 18.2. The number of nitrogens with one attached hydrogen (secondary N) is 1. The van der Waals surface area contributed by atoms with Crippen LogP contribution in [0.25, 0.3) is 22.3 Å². The Hall–Kier alpha value is -3.68. The van der Waals surface area contributed by atoms with E-state index in [1.807, 2.05) is 23.6 Å². The Balaban J connectivity index is 1.39. The van der Waals surface area contributed by atoms with Gasteiger partial charge in [0.25, 0.3) is 6.01 Å². The van der Waals surface area contributed by atoms with Gasteiger partial charge in [0.1, 0.15) is 24.0 Å². The van der Waals surface area contributed by atoms with Gasteiger partial charge in [0.2, 0.25) is 0 Å². The number of rotatable bonds is 5. The number of aromatic hydroxyl groups is 1. The topological polar surface area (TPSA) is 85.1 Å². The lowest BCUT2D eigenvalue weighted by molar-refractivity contribution is 0.268. The zero-order chi connectivity index (χ0) is 22.5. The summed E-state index contributed by atoms with van der Waals surface area (Å²) in [5, 5.41) is 13.6. The number of aryl methyl sites for hydroxylation is 1. The maximum absolute atomic E-state index is 14.2. The summed E-state index contributed by atoms with van der Waals surface area (Å²) >= 11 is 0. The molecule has 8 heteroatoms. The van der Waals surface area contributed by atoms with Gasteiger partial charge >= 0.3 is 0 Å². The molecule has 164 valence electrons. The Morgan fingerprint density at radius 3 is 2.75 bits per heavy atom. The summed E-state index contributed by atoms with van der Waals surface area (Å²) in [6.07, 6.45) is 0.655. The van der Waals surface area contributed by atoms with Crippen molar-refractivity contribution in [3.8, 4) is 22.9 Å². The van der Waals surface area contributed by atoms with E-state index in [0.29, 0.717) is 53.9 Å². The molecule has 2 N–H and O–H groups in total. The maximum Gasteiger partial charge on any atom is 0.299 e. The van der Waals surface area contributed by atoms with Crippen molar-refractivity contribution >= 4 is 17.0 Å². The predicted octanol–water partition coefficient (Wildman–Crippen LogP) is 4.43. The fourth-order valence-electron chi connectivity index (χ4n) is 4.08. The lowest BCUT2D eigenvalue weighted by atomic mass is 10.00. The molecule has 5 rings (SSSR count). The molecule has 1 aliphatic heterocycles. The van der Waals surface area contributed by atoms with Gasteiger partial charge in [-0.1, -0.05) is 24.3 Å². The Labute approximate surface area is 184 Å². The number of phenols is 1. The fraction of sp³-hybridized carbons (Fsp3) is 0.292. The molecule has 0 aliphatic carbocycles. The number of ether oxygens (including phenoxy) is 1. The molecule has 2 aromatic heterocycles. The summed E-state index contributed by atoms with van der Waals surface area (Å²) in [5.41, 5.74) is 3.03. The van der Waals surface area contributed by atoms with Gasteiger partial charge in [-0.3, -0.25) is 4.57 Å². The molecule has 4 aromatic rings. The summed E-state index contributed by atoms with van der Waals surface area (Å²) in [6.45, 7) is 7.18. The fourth-order valence-corrected chi connectivity index (χ4v) is 4.08. The van der Waals surface area contributed by atoms with Crippen LogP contribution in [0.2, 0.25) is 0 Å². The second-order valence-corrected chi connectivity index (χ2v) is 8.63. The average molecular weight is 433 g/mol. The van der Waals surface area contributed by atoms with Crippen LogP contribution < -0.4 is 10.1 Å². The van der Waals surface area contributed by atoms with E-state index in [9.17, 15) is 9.50 Å². The van der Waals surface area contributed by atoms with Crippen LogP contribution in [0.5, 0.6) is 11.8 Å². The number of hydrogen-bond acceptors (Lipinski definition) is 6. The minimum atomic E-state index is -0.366. The predicted molar refractivity (Wildman–Crippen MR) is 121 cm³/mol. The number of hydrogen-bond donors (Lipinski definition) is 2. The average Bonchev–Trinajstić information content (AvgIpc) is 3.27. The monoisotopic (exact) mass is 433 g/mol. The second-order valence-electron chi connectivity index (χ2n) is 8.63. The number of imidazole rings is 1. The first-order valence-corrected chi connectivity index (χ1v) is 10.5. The number of phenolic OH excluding ortho intramolecular Hbond substituents is 1. The van der Waals surface area contributed by atoms with Crippen LogP contribution in [0.15, 0.2) is 42.5 Å². The molecule has 0 amide bonds. The van der Waals surface area contributed by atoms with Gasteiger partial charge in [-0.15, -0.1) is 0 Å². The van der Waals surface area contributed by atoms with Crippen LogP contribution in [0.3, 0.4) is 0 Å². The Morgan fingerprint density at radius 1 is 1.12 bits per heavy atom. The van der Waals surface area contributed by atoms with Gasteiger partial charge in [-0.05, 0) is 51.0 Å². The molecule has 0 bridgehead atoms. The molecule has 0 fully saturated rings. The highest BCUT2D eigenvalue weighted by atomic mass is 19.1. The lowest BCUT2D eigenvalue weighted by Gasteiger charge is -2.18. The summed E-state index contributed by atoms with van der Waals surface area (Å²) < 4.78 is 22.0. The number of halogens is 1. The van der Waals surface area contributed by atoms with Gasteiger partial charge in [0, 0.05) is 17.7 Å². The molecule has 0 unspecified atom stereocenters. The summed E-state index contributed by atoms with van der Waals surface area (Å²) in [6, 6.07) is 12.2.